The van der Waals surface area contributed by atoms with Crippen LogP contribution in [0.3, 0.4) is 0 Å². The van der Waals surface area contributed by atoms with E-state index in [1.165, 1.54) is 18.5 Å². The monoisotopic (exact) mass is 495 g/mol. The number of fused-ring (bicyclic) bond motifs is 1. The molecule has 0 spiro atoms. The smallest absolute Gasteiger partial charge is 0.320 e. The zero-order chi connectivity index (χ0) is 22.1. The van der Waals surface area contributed by atoms with E-state index >= 15 is 0 Å². The van der Waals surface area contributed by atoms with E-state index in [1.54, 1.807) is 42.5 Å². The van der Waals surface area contributed by atoms with E-state index in [1.807, 2.05) is 6.92 Å². The summed E-state index contributed by atoms with van der Waals surface area (Å²) in [6.07, 6.45) is 0.259. The third-order valence-electron chi connectivity index (χ3n) is 5.23. The van der Waals surface area contributed by atoms with Crippen LogP contribution in [0.2, 0.25) is 0 Å². The highest BCUT2D eigenvalue weighted by atomic mass is 79.9. The minimum Gasteiger partial charge on any atom is -0.468 e. The molecule has 0 bridgehead atoms. The lowest BCUT2D eigenvalue weighted by atomic mass is 9.80. The molecule has 0 saturated heterocycles. The van der Waals surface area contributed by atoms with Gasteiger partial charge in [0.1, 0.15) is 0 Å². The number of hydrogen-bond donors (Lipinski definition) is 0. The Morgan fingerprint density at radius 3 is 2.23 bits per heavy atom. The number of carbonyl (C=O) groups excluding carboxylic acids is 2. The third-order valence-corrected chi connectivity index (χ3v) is 7.55. The van der Waals surface area contributed by atoms with Crippen LogP contribution in [0.1, 0.15) is 23.5 Å². The Balaban J connectivity index is 2.11. The standard InChI is InChI=1S/C21H22BrNO6S/c1-13-4-7-15(8-5-13)30(26,27)23-11-10-17(16-9-6-14(22)12-18(16)23)19(20(24)28-2)21(25)29-3/h4-9,12,17,19H,10-11H2,1-3H3/t17-/m0/s1. The van der Waals surface area contributed by atoms with E-state index in [0.717, 1.165) is 5.56 Å². The summed E-state index contributed by atoms with van der Waals surface area (Å²) in [6, 6.07) is 11.8. The second kappa shape index (κ2) is 8.77. The second-order valence-electron chi connectivity index (χ2n) is 7.01. The lowest BCUT2D eigenvalue weighted by Crippen LogP contribution is -2.41. The van der Waals surface area contributed by atoms with E-state index in [4.69, 9.17) is 9.47 Å². The van der Waals surface area contributed by atoms with Crippen LogP contribution < -0.4 is 4.31 Å². The quantitative estimate of drug-likeness (QED) is 0.466. The van der Waals surface area contributed by atoms with Crippen molar-refractivity contribution in [2.45, 2.75) is 24.2 Å². The Morgan fingerprint density at radius 2 is 1.67 bits per heavy atom. The maximum atomic E-state index is 13.4. The molecule has 0 N–H and O–H groups in total. The summed E-state index contributed by atoms with van der Waals surface area (Å²) in [4.78, 5) is 24.9. The fraction of sp³-hybridized carbons (Fsp3) is 0.333. The van der Waals surface area contributed by atoms with Gasteiger partial charge in [-0.3, -0.25) is 13.9 Å². The molecule has 2 aromatic carbocycles. The molecule has 3 rings (SSSR count). The molecular weight excluding hydrogens is 474 g/mol. The van der Waals surface area contributed by atoms with Gasteiger partial charge in [0.2, 0.25) is 0 Å². The average molecular weight is 496 g/mol. The maximum absolute atomic E-state index is 13.4. The van der Waals surface area contributed by atoms with Gasteiger partial charge in [0, 0.05) is 16.9 Å². The zero-order valence-electron chi connectivity index (χ0n) is 16.8. The average Bonchev–Trinajstić information content (AvgIpc) is 2.73. The van der Waals surface area contributed by atoms with Gasteiger partial charge in [-0.2, -0.15) is 0 Å². The molecule has 1 aliphatic rings. The number of ether oxygens (including phenoxy) is 2. The Hall–Kier alpha value is -2.39. The predicted octanol–water partition coefficient (Wildman–Crippen LogP) is 3.40. The van der Waals surface area contributed by atoms with Crippen molar-refractivity contribution in [1.29, 1.82) is 0 Å². The number of nitrogens with zero attached hydrogens (tertiary/aromatic N) is 1. The van der Waals surface area contributed by atoms with Gasteiger partial charge in [0.15, 0.2) is 5.92 Å². The van der Waals surface area contributed by atoms with Gasteiger partial charge in [-0.05, 0) is 43.2 Å². The van der Waals surface area contributed by atoms with Crippen molar-refractivity contribution in [3.05, 3.63) is 58.1 Å². The summed E-state index contributed by atoms with van der Waals surface area (Å²) in [5.74, 6) is -3.17. The van der Waals surface area contributed by atoms with E-state index in [0.29, 0.717) is 15.7 Å². The van der Waals surface area contributed by atoms with Gasteiger partial charge in [0.05, 0.1) is 24.8 Å². The lowest BCUT2D eigenvalue weighted by Gasteiger charge is -2.36. The first-order valence-electron chi connectivity index (χ1n) is 9.25. The van der Waals surface area contributed by atoms with E-state index < -0.39 is 33.8 Å². The largest absolute Gasteiger partial charge is 0.468 e. The number of rotatable bonds is 5. The highest BCUT2D eigenvalue weighted by Gasteiger charge is 2.43. The zero-order valence-corrected chi connectivity index (χ0v) is 19.2. The number of esters is 2. The molecule has 0 unspecified atom stereocenters. The van der Waals surface area contributed by atoms with Crippen molar-refractivity contribution in [3.63, 3.8) is 0 Å². The van der Waals surface area contributed by atoms with Gasteiger partial charge in [-0.1, -0.05) is 39.7 Å². The van der Waals surface area contributed by atoms with Crippen molar-refractivity contribution in [1.82, 2.24) is 0 Å². The molecule has 0 saturated carbocycles. The van der Waals surface area contributed by atoms with Gasteiger partial charge < -0.3 is 9.47 Å². The number of hydrogen-bond acceptors (Lipinski definition) is 6. The van der Waals surface area contributed by atoms with Gasteiger partial charge >= 0.3 is 11.9 Å². The van der Waals surface area contributed by atoms with Gasteiger partial charge in [-0.15, -0.1) is 0 Å². The first-order valence-corrected chi connectivity index (χ1v) is 11.5. The normalized spacial score (nSPS) is 16.2. The summed E-state index contributed by atoms with van der Waals surface area (Å²) in [7, 11) is -1.42. The fourth-order valence-electron chi connectivity index (χ4n) is 3.69. The molecule has 1 aliphatic heterocycles. The Labute approximate surface area is 184 Å². The summed E-state index contributed by atoms with van der Waals surface area (Å²) >= 11 is 3.39. The Bertz CT molecular complexity index is 1050. The van der Waals surface area contributed by atoms with Crippen LogP contribution in [0.4, 0.5) is 5.69 Å². The molecule has 1 heterocycles. The fourth-order valence-corrected chi connectivity index (χ4v) is 5.54. The summed E-state index contributed by atoms with van der Waals surface area (Å²) < 4.78 is 38.4. The van der Waals surface area contributed by atoms with Crippen molar-refractivity contribution >= 4 is 43.6 Å². The van der Waals surface area contributed by atoms with Crippen molar-refractivity contribution < 1.29 is 27.5 Å². The van der Waals surface area contributed by atoms with Gasteiger partial charge in [-0.25, -0.2) is 8.42 Å². The molecule has 0 amide bonds. The van der Waals surface area contributed by atoms with Crippen molar-refractivity contribution in [3.8, 4) is 0 Å². The number of sulfonamides is 1. The molecule has 0 aliphatic carbocycles. The van der Waals surface area contributed by atoms with Crippen LogP contribution in [-0.4, -0.2) is 41.1 Å². The van der Waals surface area contributed by atoms with Crippen LogP contribution in [0, 0.1) is 12.8 Å². The highest BCUT2D eigenvalue weighted by Crippen LogP contribution is 2.43. The minimum atomic E-state index is -3.83. The SMILES string of the molecule is COC(=O)C(C(=O)OC)[C@H]1CCN(S(=O)(=O)c2ccc(C)cc2)c2cc(Br)ccc21. The first-order chi connectivity index (χ1) is 14.2. The number of anilines is 1. The van der Waals surface area contributed by atoms with E-state index in [-0.39, 0.29) is 17.9 Å². The Kier molecular flexibility index (Phi) is 6.52. The minimum absolute atomic E-state index is 0.106. The van der Waals surface area contributed by atoms with Crippen LogP contribution in [0.25, 0.3) is 0 Å². The highest BCUT2D eigenvalue weighted by molar-refractivity contribution is 9.10. The summed E-state index contributed by atoms with van der Waals surface area (Å²) in [5, 5.41) is 0. The van der Waals surface area contributed by atoms with Crippen LogP contribution in [0.15, 0.2) is 51.8 Å². The summed E-state index contributed by atoms with van der Waals surface area (Å²) in [5.41, 5.74) is 1.94. The number of benzene rings is 2. The van der Waals surface area contributed by atoms with E-state index in [9.17, 15) is 18.0 Å². The predicted molar refractivity (Wildman–Crippen MR) is 115 cm³/mol. The molecule has 7 nitrogen and oxygen atoms in total. The molecule has 1 atom stereocenters. The lowest BCUT2D eigenvalue weighted by molar-refractivity contribution is -0.160. The molecule has 2 aromatic rings. The third kappa shape index (κ3) is 4.09. The Morgan fingerprint density at radius 1 is 1.07 bits per heavy atom. The van der Waals surface area contributed by atoms with Crippen molar-refractivity contribution in [2.75, 3.05) is 25.1 Å². The molecular formula is C21H22BrNO6S. The van der Waals surface area contributed by atoms with E-state index in [2.05, 4.69) is 15.9 Å². The first kappa shape index (κ1) is 22.3. The molecule has 30 heavy (non-hydrogen) atoms. The molecule has 0 aromatic heterocycles. The molecule has 0 radical (unpaired) electrons. The molecule has 160 valence electrons. The molecule has 9 heteroatoms. The number of halogens is 1. The van der Waals surface area contributed by atoms with Crippen LogP contribution in [-0.2, 0) is 29.1 Å². The summed E-state index contributed by atoms with van der Waals surface area (Å²) in [6.45, 7) is 1.99. The van der Waals surface area contributed by atoms with Gasteiger partial charge in [0.25, 0.3) is 10.0 Å². The topological polar surface area (TPSA) is 90.0 Å². The van der Waals surface area contributed by atoms with Crippen LogP contribution >= 0.6 is 15.9 Å². The van der Waals surface area contributed by atoms with Crippen LogP contribution in [0.5, 0.6) is 0 Å². The number of carbonyl (C=O) groups is 2. The van der Waals surface area contributed by atoms with Crippen molar-refractivity contribution in [2.24, 2.45) is 5.92 Å². The number of aryl methyl sites for hydroxylation is 1. The molecule has 0 fully saturated rings. The maximum Gasteiger partial charge on any atom is 0.320 e. The number of methoxy groups -OCH3 is 2. The second-order valence-corrected chi connectivity index (χ2v) is 9.79.